The van der Waals surface area contributed by atoms with E-state index in [0.29, 0.717) is 0 Å². The molecule has 9 atom stereocenters. The Morgan fingerprint density at radius 3 is 2.31 bits per heavy atom. The van der Waals surface area contributed by atoms with E-state index in [9.17, 15) is 55.9 Å². The molecule has 5 rings (SSSR count). The van der Waals surface area contributed by atoms with Crippen LogP contribution >= 0.6 is 0 Å². The number of ether oxygens (including phenoxy) is 4. The topological polar surface area (TPSA) is 269 Å². The third-order valence-corrected chi connectivity index (χ3v) is 6.93. The molecule has 2 fully saturated rings. The van der Waals surface area contributed by atoms with Gasteiger partial charge in [-0.3, -0.25) is 4.79 Å². The van der Waals surface area contributed by atoms with Gasteiger partial charge < -0.3 is 74.4 Å². The number of hydrogen-bond donors (Lipinski definition) is 10. The summed E-state index contributed by atoms with van der Waals surface area (Å²) in [5.41, 5.74) is -0.775. The maximum atomic E-state index is 12.7. The fraction of sp³-hybridized carbons (Fsp3) is 0.423. The smallest absolute Gasteiger partial charge is 0.355 e. The minimum atomic E-state index is -3.07. The number of aromatic hydroxyl groups is 3. The average Bonchev–Trinajstić information content (AvgIpc) is 2.94. The lowest BCUT2D eigenvalue weighted by atomic mass is 9.97. The lowest BCUT2D eigenvalue weighted by molar-refractivity contribution is -0.425. The van der Waals surface area contributed by atoms with E-state index in [1.807, 2.05) is 0 Å². The molecule has 0 aliphatic carbocycles. The van der Waals surface area contributed by atoms with Gasteiger partial charge in [0.05, 0.1) is 13.2 Å². The van der Waals surface area contributed by atoms with Crippen molar-refractivity contribution in [1.29, 1.82) is 0 Å². The minimum Gasteiger partial charge on any atom is -0.507 e. The quantitative estimate of drug-likeness (QED) is 0.104. The Balaban J connectivity index is 1.40. The molecule has 42 heavy (non-hydrogen) atoms. The van der Waals surface area contributed by atoms with Crippen LogP contribution in [-0.2, 0) is 14.2 Å². The zero-order valence-corrected chi connectivity index (χ0v) is 21.4. The van der Waals surface area contributed by atoms with E-state index in [-0.39, 0.29) is 28.9 Å². The van der Waals surface area contributed by atoms with Crippen molar-refractivity contribution < 1.29 is 74.4 Å². The maximum Gasteiger partial charge on any atom is 0.355 e. The summed E-state index contributed by atoms with van der Waals surface area (Å²) in [6.07, 6.45) is -14.0. The second kappa shape index (κ2) is 11.3. The van der Waals surface area contributed by atoms with Gasteiger partial charge in [-0.15, -0.1) is 0 Å². The highest BCUT2D eigenvalue weighted by Gasteiger charge is 2.55. The summed E-state index contributed by atoms with van der Waals surface area (Å²) in [5.74, 6) is -5.14. The zero-order chi connectivity index (χ0) is 30.5. The Bertz CT molecular complexity index is 1510. The molecule has 1 aromatic heterocycles. The Labute approximate surface area is 235 Å². The highest BCUT2D eigenvalue weighted by molar-refractivity contribution is 5.86. The fourth-order valence-electron chi connectivity index (χ4n) is 4.60. The summed E-state index contributed by atoms with van der Waals surface area (Å²) in [7, 11) is 0. The van der Waals surface area contributed by atoms with Crippen molar-refractivity contribution >= 4 is 11.0 Å². The molecule has 2 saturated heterocycles. The van der Waals surface area contributed by atoms with Crippen LogP contribution in [0, 0.1) is 0 Å². The number of fused-ring (bicyclic) bond motifs is 1. The predicted octanol–water partition coefficient (Wildman–Crippen LogP) is -2.46. The van der Waals surface area contributed by atoms with E-state index in [1.54, 1.807) is 0 Å². The molecule has 3 aromatic rings. The van der Waals surface area contributed by atoms with Crippen molar-refractivity contribution in [1.82, 2.24) is 0 Å². The molecular weight excluding hydrogens is 568 g/mol. The third-order valence-electron chi connectivity index (χ3n) is 6.93. The number of aliphatic hydroxyl groups excluding tert-OH is 6. The fourth-order valence-corrected chi connectivity index (χ4v) is 4.60. The summed E-state index contributed by atoms with van der Waals surface area (Å²) in [6, 6.07) is 6.62. The van der Waals surface area contributed by atoms with E-state index in [0.717, 1.165) is 30.3 Å². The Morgan fingerprint density at radius 2 is 1.60 bits per heavy atom. The van der Waals surface area contributed by atoms with Gasteiger partial charge in [0.15, 0.2) is 29.3 Å². The molecule has 2 aliphatic rings. The van der Waals surface area contributed by atoms with Gasteiger partial charge >= 0.3 is 5.97 Å². The van der Waals surface area contributed by atoms with Crippen LogP contribution in [0.3, 0.4) is 0 Å². The molecule has 228 valence electrons. The van der Waals surface area contributed by atoms with Gasteiger partial charge in [-0.05, 0) is 18.2 Å². The molecule has 10 N–H and O–H groups in total. The average molecular weight is 596 g/mol. The standard InChI is InChI=1S/C26H28O16/c27-11-2-1-9(3-12(11)28)16-6-14(30)19-13(29)4-10(5-17(19)40-16)41-26(37)24(36)22(34)21(33)18(42-26)8-39-25-23(35)20(32)15(31)7-38-25/h1-6,15,18,20-25,27-29,31-37H,7-8H2/t15-,18+,20-,21+,22+,23-,24-,25-,26-/m0/s1. The first-order valence-corrected chi connectivity index (χ1v) is 12.5. The first-order chi connectivity index (χ1) is 19.8. The summed E-state index contributed by atoms with van der Waals surface area (Å²) in [4.78, 5) is 12.7. The van der Waals surface area contributed by atoms with Gasteiger partial charge in [0, 0.05) is 23.8 Å². The Kier molecular flexibility index (Phi) is 8.03. The lowest BCUT2D eigenvalue weighted by Crippen LogP contribution is -2.67. The summed E-state index contributed by atoms with van der Waals surface area (Å²) < 4.78 is 26.8. The number of phenols is 3. The number of phenolic OH excluding ortho intramolecular Hbond substituents is 3. The number of aliphatic hydroxyl groups is 7. The molecule has 0 radical (unpaired) electrons. The van der Waals surface area contributed by atoms with Gasteiger partial charge in [0.1, 0.15) is 64.9 Å². The van der Waals surface area contributed by atoms with Crippen molar-refractivity contribution in [2.45, 2.75) is 55.0 Å². The van der Waals surface area contributed by atoms with Gasteiger partial charge in [0.25, 0.3) is 0 Å². The number of benzene rings is 2. The van der Waals surface area contributed by atoms with E-state index in [2.05, 4.69) is 0 Å². The zero-order valence-electron chi connectivity index (χ0n) is 21.4. The highest BCUT2D eigenvalue weighted by atomic mass is 16.8. The van der Waals surface area contributed by atoms with Crippen LogP contribution in [0.15, 0.2) is 45.6 Å². The molecule has 0 bridgehead atoms. The Hall–Kier alpha value is -3.55. The molecule has 0 amide bonds. The molecule has 3 heterocycles. The van der Waals surface area contributed by atoms with E-state index in [1.165, 1.54) is 6.07 Å². The van der Waals surface area contributed by atoms with E-state index < -0.39 is 90.0 Å². The van der Waals surface area contributed by atoms with Crippen LogP contribution in [0.4, 0.5) is 0 Å². The first kappa shape index (κ1) is 29.9. The van der Waals surface area contributed by atoms with Gasteiger partial charge in [-0.2, -0.15) is 0 Å². The van der Waals surface area contributed by atoms with Gasteiger partial charge in [0.2, 0.25) is 0 Å². The summed E-state index contributed by atoms with van der Waals surface area (Å²) in [5, 5.41) is 101. The van der Waals surface area contributed by atoms with Crippen LogP contribution in [0.5, 0.6) is 23.0 Å². The molecule has 0 spiro atoms. The summed E-state index contributed by atoms with van der Waals surface area (Å²) in [6.45, 7) is -1.07. The van der Waals surface area contributed by atoms with Crippen LogP contribution in [0.25, 0.3) is 22.3 Å². The number of hydrogen-bond acceptors (Lipinski definition) is 16. The van der Waals surface area contributed by atoms with Crippen LogP contribution in [0.2, 0.25) is 0 Å². The van der Waals surface area contributed by atoms with Crippen LogP contribution in [0.1, 0.15) is 0 Å². The minimum absolute atomic E-state index is 0.0764. The second-order valence-corrected chi connectivity index (χ2v) is 9.89. The summed E-state index contributed by atoms with van der Waals surface area (Å²) >= 11 is 0. The third kappa shape index (κ3) is 5.48. The predicted molar refractivity (Wildman–Crippen MR) is 135 cm³/mol. The molecule has 0 unspecified atom stereocenters. The molecule has 16 nitrogen and oxygen atoms in total. The first-order valence-electron chi connectivity index (χ1n) is 12.5. The van der Waals surface area contributed by atoms with Gasteiger partial charge in [-0.1, -0.05) is 0 Å². The number of rotatable bonds is 6. The van der Waals surface area contributed by atoms with Gasteiger partial charge in [-0.25, -0.2) is 0 Å². The maximum absolute atomic E-state index is 12.7. The second-order valence-electron chi connectivity index (χ2n) is 9.89. The van der Waals surface area contributed by atoms with Crippen molar-refractivity contribution in [2.24, 2.45) is 0 Å². The monoisotopic (exact) mass is 596 g/mol. The SMILES string of the molecule is O=c1cc(-c2ccc(O)c(O)c2)oc2cc(O[C@]3(O)O[C@H](CO[C@@H]4OC[C@H](O)[C@H](O)[C@@H]4O)[C@@H](O)[C@@H](O)[C@@H]3O)cc(O)c12. The van der Waals surface area contributed by atoms with Crippen LogP contribution in [-0.4, -0.2) is 119 Å². The largest absolute Gasteiger partial charge is 0.507 e. The molecule has 2 aromatic carbocycles. The normalized spacial score (nSPS) is 33.5. The molecule has 2 aliphatic heterocycles. The van der Waals surface area contributed by atoms with E-state index >= 15 is 0 Å². The van der Waals surface area contributed by atoms with Crippen molar-refractivity contribution in [3.63, 3.8) is 0 Å². The molecule has 16 heteroatoms. The van der Waals surface area contributed by atoms with E-state index in [4.69, 9.17) is 23.4 Å². The van der Waals surface area contributed by atoms with Crippen molar-refractivity contribution in [3.05, 3.63) is 46.6 Å². The Morgan fingerprint density at radius 1 is 0.857 bits per heavy atom. The highest BCUT2D eigenvalue weighted by Crippen LogP contribution is 2.37. The lowest BCUT2D eigenvalue weighted by Gasteiger charge is -2.45. The van der Waals surface area contributed by atoms with Crippen LogP contribution < -0.4 is 10.2 Å². The molecule has 0 saturated carbocycles. The molecular formula is C26H28O16. The van der Waals surface area contributed by atoms with Crippen molar-refractivity contribution in [3.8, 4) is 34.3 Å². The van der Waals surface area contributed by atoms with Crippen molar-refractivity contribution in [2.75, 3.05) is 13.2 Å².